The zero-order valence-electron chi connectivity index (χ0n) is 19.9. The van der Waals surface area contributed by atoms with Crippen molar-refractivity contribution in [3.63, 3.8) is 0 Å². The van der Waals surface area contributed by atoms with Gasteiger partial charge in [-0.05, 0) is 65.1 Å². The van der Waals surface area contributed by atoms with Gasteiger partial charge in [-0.25, -0.2) is 0 Å². The van der Waals surface area contributed by atoms with E-state index in [0.29, 0.717) is 11.4 Å². The summed E-state index contributed by atoms with van der Waals surface area (Å²) in [6, 6.07) is 17.8. The van der Waals surface area contributed by atoms with Crippen molar-refractivity contribution in [1.82, 2.24) is 5.32 Å². The van der Waals surface area contributed by atoms with Gasteiger partial charge in [0.05, 0.1) is 6.42 Å². The average molecular weight is 490 g/mol. The van der Waals surface area contributed by atoms with Gasteiger partial charge in [0, 0.05) is 24.3 Å². The van der Waals surface area contributed by atoms with Crippen molar-refractivity contribution in [2.24, 2.45) is 0 Å². The fraction of sp³-hybridized carbons (Fsp3) is 0.321. The number of nitrogens with zero attached hydrogens (tertiary/aromatic N) is 1. The van der Waals surface area contributed by atoms with Crippen LogP contribution in [0.5, 0.6) is 0 Å². The number of anilines is 2. The number of nitrogens with one attached hydrogen (secondary N) is 2. The minimum atomic E-state index is -0.809. The summed E-state index contributed by atoms with van der Waals surface area (Å²) in [6.45, 7) is 1.45. The molecule has 7 heteroatoms. The van der Waals surface area contributed by atoms with Gasteiger partial charge in [0.1, 0.15) is 6.04 Å². The second kappa shape index (κ2) is 11.8. The molecule has 0 unspecified atom stereocenters. The Morgan fingerprint density at radius 1 is 0.971 bits per heavy atom. The number of benzene rings is 2. The van der Waals surface area contributed by atoms with Gasteiger partial charge in [0.2, 0.25) is 17.7 Å². The van der Waals surface area contributed by atoms with Crippen LogP contribution in [0.3, 0.4) is 0 Å². The Labute approximate surface area is 210 Å². The van der Waals surface area contributed by atoms with E-state index in [1.165, 1.54) is 13.3 Å². The highest BCUT2D eigenvalue weighted by molar-refractivity contribution is 7.08. The molecule has 2 aromatic carbocycles. The number of rotatable bonds is 8. The molecule has 0 saturated heterocycles. The molecule has 1 fully saturated rings. The molecule has 2 N–H and O–H groups in total. The van der Waals surface area contributed by atoms with Gasteiger partial charge in [-0.15, -0.1) is 0 Å². The third kappa shape index (κ3) is 6.57. The quantitative estimate of drug-likeness (QED) is 0.440. The van der Waals surface area contributed by atoms with Crippen molar-refractivity contribution >= 4 is 40.4 Å². The monoisotopic (exact) mass is 489 g/mol. The van der Waals surface area contributed by atoms with Crippen LogP contribution < -0.4 is 15.5 Å². The van der Waals surface area contributed by atoms with Crippen LogP contribution in [0, 0.1) is 0 Å². The Morgan fingerprint density at radius 3 is 2.31 bits per heavy atom. The zero-order valence-corrected chi connectivity index (χ0v) is 20.7. The van der Waals surface area contributed by atoms with Crippen molar-refractivity contribution in [3.8, 4) is 0 Å². The Kier molecular flexibility index (Phi) is 8.32. The maximum Gasteiger partial charge on any atom is 0.248 e. The third-order valence-corrected chi connectivity index (χ3v) is 6.98. The van der Waals surface area contributed by atoms with E-state index in [2.05, 4.69) is 10.6 Å². The van der Waals surface area contributed by atoms with Crippen LogP contribution in [-0.4, -0.2) is 23.8 Å². The van der Waals surface area contributed by atoms with E-state index in [1.807, 2.05) is 47.2 Å². The van der Waals surface area contributed by atoms with Crippen molar-refractivity contribution in [1.29, 1.82) is 0 Å². The molecule has 3 amide bonds. The minimum Gasteiger partial charge on any atom is -0.351 e. The molecule has 0 aliphatic heterocycles. The molecular weight excluding hydrogens is 458 g/mol. The summed E-state index contributed by atoms with van der Waals surface area (Å²) >= 11 is 1.54. The van der Waals surface area contributed by atoms with E-state index < -0.39 is 6.04 Å². The lowest BCUT2D eigenvalue weighted by Gasteiger charge is -2.33. The molecule has 1 atom stereocenters. The number of hydrogen-bond acceptors (Lipinski definition) is 4. The number of hydrogen-bond donors (Lipinski definition) is 2. The van der Waals surface area contributed by atoms with Crippen LogP contribution in [0.1, 0.15) is 56.2 Å². The highest BCUT2D eigenvalue weighted by Crippen LogP contribution is 2.31. The zero-order chi connectivity index (χ0) is 24.6. The van der Waals surface area contributed by atoms with Crippen molar-refractivity contribution in [2.45, 2.75) is 57.5 Å². The molecule has 1 aromatic heterocycles. The summed E-state index contributed by atoms with van der Waals surface area (Å²) in [4.78, 5) is 40.6. The van der Waals surface area contributed by atoms with Crippen LogP contribution in [0.25, 0.3) is 0 Å². The lowest BCUT2D eigenvalue weighted by molar-refractivity contribution is -0.127. The van der Waals surface area contributed by atoms with Crippen LogP contribution in [0.4, 0.5) is 11.4 Å². The number of thiophene rings is 1. The van der Waals surface area contributed by atoms with E-state index in [0.717, 1.165) is 36.8 Å². The van der Waals surface area contributed by atoms with Crippen molar-refractivity contribution in [3.05, 3.63) is 82.6 Å². The first kappa shape index (κ1) is 24.7. The largest absolute Gasteiger partial charge is 0.351 e. The van der Waals surface area contributed by atoms with E-state index in [4.69, 9.17) is 0 Å². The third-order valence-electron chi connectivity index (χ3n) is 6.24. The van der Waals surface area contributed by atoms with E-state index in [1.54, 1.807) is 40.5 Å². The Balaban J connectivity index is 1.71. The summed E-state index contributed by atoms with van der Waals surface area (Å²) < 4.78 is 0. The molecule has 0 spiro atoms. The molecular formula is C28H31N3O3S. The molecule has 182 valence electrons. The Hall–Kier alpha value is -3.45. The Bertz CT molecular complexity index is 1120. The number of carbonyl (C=O) groups is 3. The van der Waals surface area contributed by atoms with Gasteiger partial charge in [-0.1, -0.05) is 49.6 Å². The van der Waals surface area contributed by atoms with Crippen LogP contribution in [0.15, 0.2) is 71.4 Å². The number of amides is 3. The first-order chi connectivity index (χ1) is 17.0. The van der Waals surface area contributed by atoms with E-state index in [-0.39, 0.29) is 30.2 Å². The highest BCUT2D eigenvalue weighted by Gasteiger charge is 2.34. The smallest absolute Gasteiger partial charge is 0.248 e. The van der Waals surface area contributed by atoms with Crippen molar-refractivity contribution in [2.75, 3.05) is 10.2 Å². The van der Waals surface area contributed by atoms with E-state index in [9.17, 15) is 14.4 Å². The van der Waals surface area contributed by atoms with E-state index >= 15 is 0 Å². The summed E-state index contributed by atoms with van der Waals surface area (Å²) in [6.07, 6.45) is 5.51. The summed E-state index contributed by atoms with van der Waals surface area (Å²) in [5, 5.41) is 9.88. The maximum absolute atomic E-state index is 13.8. The first-order valence-electron chi connectivity index (χ1n) is 12.1. The summed E-state index contributed by atoms with van der Waals surface area (Å²) in [5.41, 5.74) is 2.91. The standard InChI is InChI=1S/C28H31N3O3S/c1-20(32)29-24-12-14-25(15-13-24)31(26(33)18-21-16-17-35-19-21)27(22-8-4-2-5-9-22)28(34)30-23-10-6-3-7-11-23/h2,4-5,8-9,12-17,19,23,27H,3,6-7,10-11,18H2,1H3,(H,29,32)(H,30,34)/t27-/m1/s1. The van der Waals surface area contributed by atoms with Crippen LogP contribution in [0.2, 0.25) is 0 Å². The maximum atomic E-state index is 13.8. The number of carbonyl (C=O) groups excluding carboxylic acids is 3. The first-order valence-corrected chi connectivity index (χ1v) is 13.0. The molecule has 0 radical (unpaired) electrons. The predicted molar refractivity (Wildman–Crippen MR) is 140 cm³/mol. The fourth-order valence-electron chi connectivity index (χ4n) is 4.58. The Morgan fingerprint density at radius 2 is 1.69 bits per heavy atom. The molecule has 1 aliphatic rings. The topological polar surface area (TPSA) is 78.5 Å². The lowest BCUT2D eigenvalue weighted by atomic mass is 9.94. The highest BCUT2D eigenvalue weighted by atomic mass is 32.1. The predicted octanol–water partition coefficient (Wildman–Crippen LogP) is 5.47. The average Bonchev–Trinajstić information content (AvgIpc) is 3.37. The molecule has 1 saturated carbocycles. The molecule has 1 heterocycles. The van der Waals surface area contributed by atoms with Crippen molar-refractivity contribution < 1.29 is 14.4 Å². The molecule has 35 heavy (non-hydrogen) atoms. The summed E-state index contributed by atoms with van der Waals surface area (Å²) in [7, 11) is 0. The fourth-order valence-corrected chi connectivity index (χ4v) is 5.25. The van der Waals surface area contributed by atoms with Gasteiger partial charge in [-0.3, -0.25) is 19.3 Å². The van der Waals surface area contributed by atoms with Gasteiger partial charge in [0.15, 0.2) is 0 Å². The molecule has 1 aliphatic carbocycles. The lowest BCUT2D eigenvalue weighted by Crippen LogP contribution is -2.47. The van der Waals surface area contributed by atoms with Gasteiger partial charge >= 0.3 is 0 Å². The second-order valence-corrected chi connectivity index (χ2v) is 9.74. The van der Waals surface area contributed by atoms with Gasteiger partial charge < -0.3 is 10.6 Å². The SMILES string of the molecule is CC(=O)Nc1ccc(N(C(=O)Cc2ccsc2)[C@@H](C(=O)NC2CCCCC2)c2ccccc2)cc1. The normalized spacial score (nSPS) is 14.7. The molecule has 4 rings (SSSR count). The second-order valence-electron chi connectivity index (χ2n) is 8.96. The minimum absolute atomic E-state index is 0.124. The van der Waals surface area contributed by atoms with Crippen LogP contribution in [-0.2, 0) is 20.8 Å². The van der Waals surface area contributed by atoms with Crippen LogP contribution >= 0.6 is 11.3 Å². The molecule has 0 bridgehead atoms. The molecule has 6 nitrogen and oxygen atoms in total. The summed E-state index contributed by atoms with van der Waals surface area (Å²) in [5.74, 6) is -0.506. The van der Waals surface area contributed by atoms with Gasteiger partial charge in [0.25, 0.3) is 0 Å². The molecule has 3 aromatic rings. The van der Waals surface area contributed by atoms with Gasteiger partial charge in [-0.2, -0.15) is 11.3 Å².